The highest BCUT2D eigenvalue weighted by Crippen LogP contribution is 2.36. The topological polar surface area (TPSA) is 17.1 Å². The summed E-state index contributed by atoms with van der Waals surface area (Å²) < 4.78 is 3.31. The fraction of sp³-hybridized carbons (Fsp3) is 0.133. The molecule has 0 aliphatic heterocycles. The second-order valence-corrected chi connectivity index (χ2v) is 8.69. The molecule has 0 aromatic heterocycles. The number of rotatable bonds is 4. The normalized spacial score (nSPS) is 10.8. The van der Waals surface area contributed by atoms with Crippen LogP contribution in [0, 0.1) is 0 Å². The number of hydrogen-bond acceptors (Lipinski definition) is 1. The minimum Gasteiger partial charge on any atom is -0.289 e. The first kappa shape index (κ1) is 19.3. The molecule has 0 aliphatic rings. The van der Waals surface area contributed by atoms with Crippen LogP contribution >= 0.6 is 95.6 Å². The van der Waals surface area contributed by atoms with Crippen molar-refractivity contribution in [2.45, 2.75) is 10.7 Å². The highest BCUT2D eigenvalue weighted by atomic mass is 79.9. The molecule has 0 aliphatic carbocycles. The smallest absolute Gasteiger partial charge is 0.195 e. The van der Waals surface area contributed by atoms with E-state index in [1.165, 1.54) is 0 Å². The van der Waals surface area contributed by atoms with Crippen molar-refractivity contribution in [1.82, 2.24) is 0 Å². The van der Waals surface area contributed by atoms with Crippen LogP contribution in [0.2, 0.25) is 0 Å². The molecule has 0 amide bonds. The van der Waals surface area contributed by atoms with Crippen LogP contribution in [0.25, 0.3) is 0 Å². The van der Waals surface area contributed by atoms with Gasteiger partial charge in [0.05, 0.1) is 0 Å². The Labute approximate surface area is 179 Å². The van der Waals surface area contributed by atoms with E-state index in [4.69, 9.17) is 0 Å². The van der Waals surface area contributed by atoms with Gasteiger partial charge in [0.1, 0.15) is 0 Å². The van der Waals surface area contributed by atoms with Crippen molar-refractivity contribution >= 4 is 101 Å². The van der Waals surface area contributed by atoms with Gasteiger partial charge in [-0.3, -0.25) is 4.79 Å². The summed E-state index contributed by atoms with van der Waals surface area (Å²) in [5, 5.41) is 1.44. The lowest BCUT2D eigenvalue weighted by atomic mass is 10.0. The van der Waals surface area contributed by atoms with E-state index < -0.39 is 0 Å². The molecule has 0 N–H and O–H groups in total. The summed E-state index contributed by atoms with van der Waals surface area (Å²) in [4.78, 5) is 12.9. The zero-order valence-corrected chi connectivity index (χ0v) is 20.4. The first-order chi connectivity index (χ1) is 10.4. The Morgan fingerprint density at radius 3 is 1.36 bits per heavy atom. The number of carbonyl (C=O) groups excluding carboxylic acids is 1. The molecule has 0 saturated carbocycles. The second kappa shape index (κ2) is 8.39. The average molecular weight is 684 g/mol. The van der Waals surface area contributed by atoms with Gasteiger partial charge in [-0.15, -0.1) is 0 Å². The zero-order chi connectivity index (χ0) is 16.4. The molecule has 0 spiro atoms. The van der Waals surface area contributed by atoms with Crippen molar-refractivity contribution in [2.24, 2.45) is 0 Å². The van der Waals surface area contributed by atoms with Crippen LogP contribution in [0.1, 0.15) is 27.0 Å². The number of hydrogen-bond donors (Lipinski definition) is 0. The largest absolute Gasteiger partial charge is 0.289 e. The third-order valence-corrected chi connectivity index (χ3v) is 8.83. The van der Waals surface area contributed by atoms with Gasteiger partial charge in [0.25, 0.3) is 0 Å². The van der Waals surface area contributed by atoms with Gasteiger partial charge in [0, 0.05) is 39.7 Å². The van der Waals surface area contributed by atoms with E-state index in [-0.39, 0.29) is 5.78 Å². The summed E-state index contributed by atoms with van der Waals surface area (Å²) in [6.07, 6.45) is 0. The van der Waals surface area contributed by atoms with E-state index >= 15 is 0 Å². The average Bonchev–Trinajstić information content (AvgIpc) is 2.52. The van der Waals surface area contributed by atoms with Gasteiger partial charge in [-0.25, -0.2) is 0 Å². The maximum atomic E-state index is 12.9. The van der Waals surface area contributed by atoms with Gasteiger partial charge in [-0.1, -0.05) is 44.0 Å². The summed E-state index contributed by atoms with van der Waals surface area (Å²) in [5.41, 5.74) is 3.41. The van der Waals surface area contributed by atoms with Crippen LogP contribution < -0.4 is 0 Å². The molecular formula is C15H8Br6O. The third-order valence-electron chi connectivity index (χ3n) is 3.10. The Hall–Kier alpha value is 0.990. The number of benzene rings is 2. The molecule has 0 bridgehead atoms. The quantitative estimate of drug-likeness (QED) is 0.238. The van der Waals surface area contributed by atoms with E-state index in [0.717, 1.165) is 39.7 Å². The SMILES string of the molecule is O=C(c1ccc(CBr)c(Br)c1Br)c1ccc(CBr)c(Br)c1Br. The van der Waals surface area contributed by atoms with Crippen LogP contribution in [-0.2, 0) is 10.7 Å². The predicted octanol–water partition coefficient (Wildman–Crippen LogP) is 7.76. The Bertz CT molecular complexity index is 680. The van der Waals surface area contributed by atoms with Crippen molar-refractivity contribution in [3.05, 3.63) is 64.4 Å². The van der Waals surface area contributed by atoms with Crippen LogP contribution in [-0.4, -0.2) is 5.78 Å². The fourth-order valence-electron chi connectivity index (χ4n) is 1.88. The minimum atomic E-state index is -0.0394. The summed E-state index contributed by atoms with van der Waals surface area (Å²) in [6, 6.07) is 7.55. The predicted molar refractivity (Wildman–Crippen MR) is 112 cm³/mol. The van der Waals surface area contributed by atoms with Crippen LogP contribution in [0.15, 0.2) is 42.2 Å². The number of halogens is 6. The van der Waals surface area contributed by atoms with Gasteiger partial charge in [0.15, 0.2) is 5.78 Å². The number of carbonyl (C=O) groups is 1. The van der Waals surface area contributed by atoms with Gasteiger partial charge in [-0.05, 0) is 87.0 Å². The lowest BCUT2D eigenvalue weighted by Crippen LogP contribution is -2.05. The Balaban J connectivity index is 2.54. The Kier molecular flexibility index (Phi) is 7.36. The van der Waals surface area contributed by atoms with Crippen LogP contribution in [0.4, 0.5) is 0 Å². The molecule has 2 aromatic rings. The maximum Gasteiger partial charge on any atom is 0.195 e. The number of alkyl halides is 2. The van der Waals surface area contributed by atoms with Gasteiger partial charge >= 0.3 is 0 Å². The summed E-state index contributed by atoms with van der Waals surface area (Å²) in [5.74, 6) is -0.0394. The minimum absolute atomic E-state index is 0.0394. The van der Waals surface area contributed by atoms with Gasteiger partial charge in [0.2, 0.25) is 0 Å². The highest BCUT2D eigenvalue weighted by molar-refractivity contribution is 9.13. The molecule has 7 heteroatoms. The molecule has 0 radical (unpaired) electrons. The van der Waals surface area contributed by atoms with E-state index in [9.17, 15) is 4.79 Å². The zero-order valence-electron chi connectivity index (χ0n) is 10.9. The lowest BCUT2D eigenvalue weighted by Gasteiger charge is -2.12. The van der Waals surface area contributed by atoms with Crippen molar-refractivity contribution in [3.63, 3.8) is 0 Å². The maximum absolute atomic E-state index is 12.9. The number of ketones is 1. The molecule has 0 heterocycles. The molecule has 2 aromatic carbocycles. The summed E-state index contributed by atoms with van der Waals surface area (Å²) in [6.45, 7) is 0. The second-order valence-electron chi connectivity index (χ2n) is 4.40. The van der Waals surface area contributed by atoms with Gasteiger partial charge < -0.3 is 0 Å². The molecule has 1 nitrogen and oxygen atoms in total. The van der Waals surface area contributed by atoms with Crippen LogP contribution in [0.5, 0.6) is 0 Å². The summed E-state index contributed by atoms with van der Waals surface area (Å²) in [7, 11) is 0. The molecule has 2 rings (SSSR count). The van der Waals surface area contributed by atoms with E-state index in [2.05, 4.69) is 95.6 Å². The first-order valence-electron chi connectivity index (χ1n) is 6.02. The molecule has 0 saturated heterocycles. The van der Waals surface area contributed by atoms with Crippen molar-refractivity contribution in [2.75, 3.05) is 0 Å². The highest BCUT2D eigenvalue weighted by Gasteiger charge is 2.20. The standard InChI is InChI=1S/C15H8Br6O/c16-5-7-1-3-9(13(20)11(7)18)15(22)10-4-2-8(6-17)12(19)14(10)21/h1-4H,5-6H2. The van der Waals surface area contributed by atoms with E-state index in [1.54, 1.807) is 0 Å². The van der Waals surface area contributed by atoms with E-state index in [1.807, 2.05) is 24.3 Å². The lowest BCUT2D eigenvalue weighted by molar-refractivity contribution is 0.103. The van der Waals surface area contributed by atoms with Crippen LogP contribution in [0.3, 0.4) is 0 Å². The van der Waals surface area contributed by atoms with Crippen molar-refractivity contribution in [1.29, 1.82) is 0 Å². The van der Waals surface area contributed by atoms with Crippen molar-refractivity contribution < 1.29 is 4.79 Å². The fourth-order valence-corrected chi connectivity index (χ4v) is 5.67. The molecule has 0 atom stereocenters. The molecule has 116 valence electrons. The molecular weight excluding hydrogens is 676 g/mol. The summed E-state index contributed by atoms with van der Waals surface area (Å²) >= 11 is 21.0. The monoisotopic (exact) mass is 678 g/mol. The van der Waals surface area contributed by atoms with E-state index in [0.29, 0.717) is 11.1 Å². The third kappa shape index (κ3) is 3.80. The molecule has 0 unspecified atom stereocenters. The van der Waals surface area contributed by atoms with Crippen molar-refractivity contribution in [3.8, 4) is 0 Å². The van der Waals surface area contributed by atoms with Gasteiger partial charge in [-0.2, -0.15) is 0 Å². The molecule has 22 heavy (non-hydrogen) atoms. The Morgan fingerprint density at radius 1 is 0.682 bits per heavy atom. The Morgan fingerprint density at radius 2 is 1.05 bits per heavy atom. The first-order valence-corrected chi connectivity index (χ1v) is 11.4. The molecule has 0 fully saturated rings.